The van der Waals surface area contributed by atoms with Crippen LogP contribution in [-0.2, 0) is 19.8 Å². The number of amides is 2. The number of imide groups is 1. The molecule has 7 rings (SSSR count). The zero-order valence-electron chi connectivity index (χ0n) is 15.8. The molecule has 5 nitrogen and oxygen atoms in total. The second kappa shape index (κ2) is 5.66. The summed E-state index contributed by atoms with van der Waals surface area (Å²) in [6, 6.07) is 23.2. The van der Waals surface area contributed by atoms with Crippen LogP contribution >= 0.6 is 0 Å². The van der Waals surface area contributed by atoms with E-state index >= 15 is 0 Å². The first-order chi connectivity index (χ1) is 14.6. The lowest BCUT2D eigenvalue weighted by molar-refractivity contribution is -0.314. The fourth-order valence-corrected chi connectivity index (χ4v) is 5.95. The van der Waals surface area contributed by atoms with Crippen molar-refractivity contribution in [1.29, 1.82) is 0 Å². The molecular weight excluding hydrogens is 378 g/mol. The van der Waals surface area contributed by atoms with Crippen LogP contribution in [0.3, 0.4) is 0 Å². The van der Waals surface area contributed by atoms with Crippen LogP contribution in [0.2, 0.25) is 0 Å². The number of nitrogens with zero attached hydrogens (tertiary/aromatic N) is 1. The summed E-state index contributed by atoms with van der Waals surface area (Å²) in [4.78, 5) is 41.4. The zero-order valence-corrected chi connectivity index (χ0v) is 15.8. The van der Waals surface area contributed by atoms with Crippen molar-refractivity contribution in [1.82, 2.24) is 0 Å². The molecule has 1 aliphatic heterocycles. The van der Waals surface area contributed by atoms with Crippen LogP contribution in [-0.4, -0.2) is 17.8 Å². The molecule has 0 unspecified atom stereocenters. The average molecular weight is 394 g/mol. The van der Waals surface area contributed by atoms with Crippen molar-refractivity contribution in [2.45, 2.75) is 11.3 Å². The summed E-state index contributed by atoms with van der Waals surface area (Å²) in [5.74, 6) is -4.35. The Balaban J connectivity index is 1.70. The molecule has 3 aliphatic carbocycles. The molecule has 146 valence electrons. The largest absolute Gasteiger partial charge is 0.549 e. The molecule has 0 spiro atoms. The topological polar surface area (TPSA) is 77.5 Å². The van der Waals surface area contributed by atoms with Gasteiger partial charge in [0.2, 0.25) is 11.8 Å². The smallest absolute Gasteiger partial charge is 0.239 e. The van der Waals surface area contributed by atoms with Crippen molar-refractivity contribution < 1.29 is 19.5 Å². The molecule has 3 aromatic carbocycles. The van der Waals surface area contributed by atoms with Crippen molar-refractivity contribution in [3.63, 3.8) is 0 Å². The summed E-state index contributed by atoms with van der Waals surface area (Å²) >= 11 is 0. The molecule has 1 fully saturated rings. The van der Waals surface area contributed by atoms with E-state index < -0.39 is 29.1 Å². The average Bonchev–Trinajstić information content (AvgIpc) is 3.05. The van der Waals surface area contributed by atoms with Crippen LogP contribution in [0.4, 0.5) is 5.69 Å². The second-order valence-corrected chi connectivity index (χ2v) is 8.10. The number of carbonyl (C=O) groups is 3. The molecule has 5 heteroatoms. The highest BCUT2D eigenvalue weighted by molar-refractivity contribution is 6.25. The Morgan fingerprint density at radius 2 is 1.30 bits per heavy atom. The normalized spacial score (nSPS) is 28.1. The van der Waals surface area contributed by atoms with Gasteiger partial charge in [0.1, 0.15) is 0 Å². The third kappa shape index (κ3) is 1.77. The Morgan fingerprint density at radius 1 is 0.767 bits per heavy atom. The molecule has 3 aromatic rings. The number of anilines is 1. The predicted octanol–water partition coefficient (Wildman–Crippen LogP) is 1.99. The molecule has 2 amide bonds. The summed E-state index contributed by atoms with van der Waals surface area (Å²) in [6.45, 7) is 0. The number of carboxylic acids is 1. The molecule has 2 bridgehead atoms. The van der Waals surface area contributed by atoms with Crippen LogP contribution in [0.5, 0.6) is 0 Å². The second-order valence-electron chi connectivity index (χ2n) is 8.10. The van der Waals surface area contributed by atoms with Crippen LogP contribution in [0.25, 0.3) is 0 Å². The van der Waals surface area contributed by atoms with Gasteiger partial charge in [-0.3, -0.25) is 9.59 Å². The highest BCUT2D eigenvalue weighted by Gasteiger charge is 2.68. The number of hydrogen-bond acceptors (Lipinski definition) is 4. The Hall–Kier alpha value is -3.73. The SMILES string of the molecule is O=C1[C@@H]2[C@@H](C(=O)N1c1ccccc1)C1c3ccccc3C2(C(=O)[O-])c2ccccc21. The van der Waals surface area contributed by atoms with Crippen LogP contribution in [0.1, 0.15) is 28.2 Å². The highest BCUT2D eigenvalue weighted by Crippen LogP contribution is 2.64. The minimum atomic E-state index is -1.69. The number of para-hydroxylation sites is 1. The van der Waals surface area contributed by atoms with Gasteiger partial charge in [-0.1, -0.05) is 66.7 Å². The van der Waals surface area contributed by atoms with E-state index in [0.717, 1.165) is 16.0 Å². The van der Waals surface area contributed by atoms with Gasteiger partial charge in [0.15, 0.2) is 0 Å². The van der Waals surface area contributed by atoms with E-state index in [2.05, 4.69) is 0 Å². The summed E-state index contributed by atoms with van der Waals surface area (Å²) in [5.41, 5.74) is 1.47. The van der Waals surface area contributed by atoms with Crippen molar-refractivity contribution in [3.8, 4) is 0 Å². The Kier molecular flexibility index (Phi) is 3.24. The third-order valence-electron chi connectivity index (χ3n) is 6.95. The minimum Gasteiger partial charge on any atom is -0.549 e. The maximum Gasteiger partial charge on any atom is 0.239 e. The predicted molar refractivity (Wildman–Crippen MR) is 106 cm³/mol. The standard InChI is InChI=1S/C25H17NO4/c27-22-20-19-15-10-4-6-12-17(15)25(24(29)30,18-13-7-5-11-16(18)19)21(20)23(28)26(22)14-8-2-1-3-9-14/h1-13,19-21H,(H,29,30)/p-1/t19?,20-,21-,25?/m0/s1. The lowest BCUT2D eigenvalue weighted by Crippen LogP contribution is -2.61. The molecule has 4 aliphatic rings. The molecule has 0 N–H and O–H groups in total. The van der Waals surface area contributed by atoms with E-state index in [9.17, 15) is 19.5 Å². The molecule has 1 saturated heterocycles. The van der Waals surface area contributed by atoms with E-state index in [-0.39, 0.29) is 11.8 Å². The summed E-state index contributed by atoms with van der Waals surface area (Å²) in [5, 5.41) is 12.9. The molecule has 2 atom stereocenters. The van der Waals surface area contributed by atoms with Crippen molar-refractivity contribution in [2.75, 3.05) is 4.90 Å². The third-order valence-corrected chi connectivity index (χ3v) is 6.95. The Bertz CT molecular complexity index is 1200. The van der Waals surface area contributed by atoms with Gasteiger partial charge in [0.05, 0.1) is 28.9 Å². The quantitative estimate of drug-likeness (QED) is 0.623. The van der Waals surface area contributed by atoms with Gasteiger partial charge in [-0.25, -0.2) is 4.90 Å². The zero-order chi connectivity index (χ0) is 20.6. The number of hydrogen-bond donors (Lipinski definition) is 0. The minimum absolute atomic E-state index is 0.351. The van der Waals surface area contributed by atoms with Crippen LogP contribution in [0, 0.1) is 11.8 Å². The van der Waals surface area contributed by atoms with E-state index in [1.807, 2.05) is 24.3 Å². The molecule has 0 radical (unpaired) electrons. The number of aliphatic carboxylic acids is 1. The van der Waals surface area contributed by atoms with E-state index in [1.54, 1.807) is 54.6 Å². The van der Waals surface area contributed by atoms with Crippen molar-refractivity contribution in [2.24, 2.45) is 11.8 Å². The molecule has 1 heterocycles. The monoisotopic (exact) mass is 394 g/mol. The molecule has 0 aromatic heterocycles. The number of benzene rings is 3. The van der Waals surface area contributed by atoms with Gasteiger partial charge >= 0.3 is 0 Å². The first-order valence-electron chi connectivity index (χ1n) is 9.91. The number of rotatable bonds is 2. The fraction of sp³-hybridized carbons (Fsp3) is 0.160. The molecule has 0 saturated carbocycles. The highest BCUT2D eigenvalue weighted by atomic mass is 16.4. The lowest BCUT2D eigenvalue weighted by Gasteiger charge is -2.54. The Labute approximate surface area is 172 Å². The van der Waals surface area contributed by atoms with Gasteiger partial charge in [-0.15, -0.1) is 0 Å². The van der Waals surface area contributed by atoms with Crippen LogP contribution < -0.4 is 10.0 Å². The van der Waals surface area contributed by atoms with Crippen LogP contribution in [0.15, 0.2) is 78.9 Å². The maximum absolute atomic E-state index is 13.7. The first kappa shape index (κ1) is 17.2. The van der Waals surface area contributed by atoms with Gasteiger partial charge in [-0.2, -0.15) is 0 Å². The van der Waals surface area contributed by atoms with Gasteiger partial charge < -0.3 is 9.90 Å². The molecular formula is C25H16NO4-. The van der Waals surface area contributed by atoms with Crippen molar-refractivity contribution in [3.05, 3.63) is 101 Å². The summed E-state index contributed by atoms with van der Waals surface area (Å²) < 4.78 is 0. The van der Waals surface area contributed by atoms with Gasteiger partial charge in [0.25, 0.3) is 0 Å². The molecule has 30 heavy (non-hydrogen) atoms. The maximum atomic E-state index is 13.7. The summed E-state index contributed by atoms with van der Waals surface area (Å²) in [6.07, 6.45) is 0. The summed E-state index contributed by atoms with van der Waals surface area (Å²) in [7, 11) is 0. The fourth-order valence-electron chi connectivity index (χ4n) is 5.95. The van der Waals surface area contributed by atoms with Gasteiger partial charge in [-0.05, 0) is 34.4 Å². The van der Waals surface area contributed by atoms with E-state index in [1.165, 1.54) is 0 Å². The Morgan fingerprint density at radius 3 is 1.87 bits per heavy atom. The number of carboxylic acid groups (broad SMARTS) is 1. The van der Waals surface area contributed by atoms with E-state index in [0.29, 0.717) is 16.8 Å². The van der Waals surface area contributed by atoms with Crippen molar-refractivity contribution >= 4 is 23.5 Å². The lowest BCUT2D eigenvalue weighted by atomic mass is 9.47. The van der Waals surface area contributed by atoms with E-state index in [4.69, 9.17) is 0 Å². The van der Waals surface area contributed by atoms with Gasteiger partial charge in [0, 0.05) is 5.92 Å². The first-order valence-corrected chi connectivity index (χ1v) is 9.91. The number of carbonyl (C=O) groups excluding carboxylic acids is 3.